The molecule has 5 rings (SSSR count). The van der Waals surface area contributed by atoms with Crippen LogP contribution in [0.5, 0.6) is 0 Å². The van der Waals surface area contributed by atoms with Crippen molar-refractivity contribution in [1.82, 2.24) is 88.7 Å². The monoisotopic (exact) mass is 1650 g/mol. The Balaban J connectivity index is 1.09. The molecule has 34 heteroatoms. The van der Waals surface area contributed by atoms with Crippen molar-refractivity contribution in [2.75, 3.05) is 58.9 Å². The third-order valence-electron chi connectivity index (χ3n) is 23.0. The van der Waals surface area contributed by atoms with Crippen LogP contribution in [0.15, 0.2) is 0 Å². The van der Waals surface area contributed by atoms with Crippen LogP contribution in [0.3, 0.4) is 0 Å². The van der Waals surface area contributed by atoms with Crippen LogP contribution < -0.4 is 69.1 Å². The van der Waals surface area contributed by atoms with Gasteiger partial charge in [-0.2, -0.15) is 0 Å². The second kappa shape index (κ2) is 42.1. The van der Waals surface area contributed by atoms with Gasteiger partial charge in [0, 0.05) is 45.9 Å². The zero-order chi connectivity index (χ0) is 88.3. The van der Waals surface area contributed by atoms with E-state index in [1.165, 1.54) is 96.7 Å². The minimum absolute atomic E-state index is 0.0648. The first-order chi connectivity index (χ1) is 54.2. The molecule has 0 aromatic carbocycles. The number of likely N-dealkylation sites (tertiary alicyclic amines) is 3. The molecule has 0 bridgehead atoms. The van der Waals surface area contributed by atoms with Gasteiger partial charge in [0.15, 0.2) is 0 Å². The zero-order valence-electron chi connectivity index (χ0n) is 74.1. The number of hydrogen-bond acceptors (Lipinski definition) is 17. The fourth-order valence-corrected chi connectivity index (χ4v) is 15.5. The number of nitrogens with one attached hydrogen (secondary N) is 13. The van der Waals surface area contributed by atoms with Crippen molar-refractivity contribution in [3.05, 3.63) is 0 Å². The second-order valence-corrected chi connectivity index (χ2v) is 37.1. The van der Waals surface area contributed by atoms with Crippen molar-refractivity contribution in [2.45, 2.75) is 349 Å². The SMILES string of the molecule is CC[C@](C)(NC(=O)C1CCCCN1C(=O)C(C)(C)NC(=O)[C@@H]1CCCCN1C(C)=O)C(=O)NC(C)(C)C(=O)N[C@@H](CC(C)C)C(=O)NCCC(=O)NCC(=O)NC(C)(C)C(=O)NC(C)(C)C(=O)N1CCCCC1C(=O)NC(C)(C)C(=O)N[C@@H](C)C(=O)N[C@@H](CC(C)C)C(=O)N[C@@](C)(CC)C(=O)N[C@@H](CC(C)C)CN1CCC[N+]2=C1CCC2. The first kappa shape index (κ1) is 98.6. The quantitative estimate of drug-likeness (QED) is 0.0390. The average molecular weight is 1650 g/mol. The molecule has 0 spiro atoms. The van der Waals surface area contributed by atoms with Crippen LogP contribution in [0.2, 0.25) is 0 Å². The van der Waals surface area contributed by atoms with Gasteiger partial charge in [0.05, 0.1) is 38.6 Å². The van der Waals surface area contributed by atoms with Gasteiger partial charge in [0.2, 0.25) is 100 Å². The summed E-state index contributed by atoms with van der Waals surface area (Å²) in [5.74, 6) is -8.37. The molecule has 13 N–H and O–H groups in total. The smallest absolute Gasteiger partial charge is 0.248 e. The number of rotatable bonds is 39. The minimum Gasteiger partial charge on any atom is -0.354 e. The highest BCUT2D eigenvalue weighted by atomic mass is 16.2. The highest BCUT2D eigenvalue weighted by Gasteiger charge is 2.49. The van der Waals surface area contributed by atoms with Crippen molar-refractivity contribution >= 4 is 100 Å². The van der Waals surface area contributed by atoms with Crippen LogP contribution in [-0.4, -0.2) is 264 Å². The van der Waals surface area contributed by atoms with E-state index in [1.54, 1.807) is 27.7 Å². The van der Waals surface area contributed by atoms with Gasteiger partial charge in [0.25, 0.3) is 0 Å². The largest absolute Gasteiger partial charge is 0.354 e. The molecular weight excluding hydrogens is 1510 g/mol. The predicted molar refractivity (Wildman–Crippen MR) is 441 cm³/mol. The van der Waals surface area contributed by atoms with Crippen LogP contribution >= 0.6 is 0 Å². The van der Waals surface area contributed by atoms with E-state index in [4.69, 9.17) is 0 Å². The van der Waals surface area contributed by atoms with Crippen molar-refractivity contribution in [3.63, 3.8) is 0 Å². The Hall–Kier alpha value is -9.01. The first-order valence-electron chi connectivity index (χ1n) is 42.5. The molecule has 3 saturated heterocycles. The topological polar surface area (TPSA) is 445 Å². The molecule has 0 aromatic rings. The summed E-state index contributed by atoms with van der Waals surface area (Å²) in [5, 5.41) is 35.9. The Labute approximate surface area is 693 Å². The van der Waals surface area contributed by atoms with Crippen LogP contribution in [0.25, 0.3) is 0 Å². The lowest BCUT2D eigenvalue weighted by Gasteiger charge is -2.42. The van der Waals surface area contributed by atoms with E-state index in [0.717, 1.165) is 58.2 Å². The molecule has 0 radical (unpaired) electrons. The Morgan fingerprint density at radius 3 is 1.38 bits per heavy atom. The maximum Gasteiger partial charge on any atom is 0.248 e. The molecule has 5 aliphatic heterocycles. The summed E-state index contributed by atoms with van der Waals surface area (Å²) in [6.07, 6.45) is 8.97. The standard InChI is InChI=1S/C83H142N18O16/c1-23-82(21,73(114)87-55(45-50(3)4)49-98-41-32-40-97-39-31-36-63(97)98)93-66(107)57(47-52(7)8)88-64(105)53(9)86-70(111)77(11,12)91-68(109)59-34-26-29-43-100(59)76(117)81(19,20)95-72(113)79(15,16)90-62(104)48-85-61(103)37-38-84-65(106)56(46-51(5)6)89-71(112)78(13,14)96-74(115)83(22,24-2)94-69(110)60-35-27-30-44-101(60)75(116)80(17,18)92-67(108)58-33-25-28-42-99(58)54(10)102/h50-53,55-60H,23-49H2,1-22H3,(H12-,84,85,86,87,88,89,90,91,92,93,94,95,96,103,104,105,106,107,108,109,110,111,112,113,114,115)/p+1/t53-,55-,56-,57-,58-,59?,60?,82-,83-/m0/s1. The summed E-state index contributed by atoms with van der Waals surface area (Å²) in [4.78, 5) is 229. The van der Waals surface area contributed by atoms with Gasteiger partial charge in [-0.25, -0.2) is 0 Å². The van der Waals surface area contributed by atoms with Gasteiger partial charge in [0.1, 0.15) is 81.6 Å². The van der Waals surface area contributed by atoms with Gasteiger partial charge in [-0.05, 0) is 204 Å². The van der Waals surface area contributed by atoms with Crippen molar-refractivity contribution in [1.29, 1.82) is 0 Å². The van der Waals surface area contributed by atoms with Crippen molar-refractivity contribution in [2.24, 2.45) is 17.8 Å². The molecule has 3 fully saturated rings. The van der Waals surface area contributed by atoms with Crippen LogP contribution in [0.4, 0.5) is 0 Å². The molecule has 660 valence electrons. The summed E-state index contributed by atoms with van der Waals surface area (Å²) in [6.45, 7) is 39.3. The van der Waals surface area contributed by atoms with Crippen LogP contribution in [0, 0.1) is 17.8 Å². The third-order valence-corrected chi connectivity index (χ3v) is 23.0. The van der Waals surface area contributed by atoms with Gasteiger partial charge in [-0.3, -0.25) is 86.2 Å². The molecule has 34 nitrogen and oxygen atoms in total. The lowest BCUT2D eigenvalue weighted by molar-refractivity contribution is -0.530. The van der Waals surface area contributed by atoms with Crippen molar-refractivity contribution in [3.8, 4) is 0 Å². The first-order valence-corrected chi connectivity index (χ1v) is 42.5. The van der Waals surface area contributed by atoms with Gasteiger partial charge in [-0.15, -0.1) is 0 Å². The number of piperidine rings is 3. The molecule has 9 atom stereocenters. The molecule has 16 amide bonds. The summed E-state index contributed by atoms with van der Waals surface area (Å²) >= 11 is 0. The second-order valence-electron chi connectivity index (χ2n) is 37.1. The van der Waals surface area contributed by atoms with Gasteiger partial charge >= 0.3 is 0 Å². The Morgan fingerprint density at radius 2 is 0.855 bits per heavy atom. The third kappa shape index (κ3) is 27.8. The van der Waals surface area contributed by atoms with E-state index in [0.29, 0.717) is 51.1 Å². The molecule has 0 aromatic heterocycles. The maximum atomic E-state index is 14.5. The summed E-state index contributed by atoms with van der Waals surface area (Å²) in [6, 6.07) is -6.43. The molecule has 5 heterocycles. The lowest BCUT2D eigenvalue weighted by atomic mass is 9.91. The summed E-state index contributed by atoms with van der Waals surface area (Å²) < 4.78 is 2.43. The number of carbonyl (C=O) groups is 16. The minimum atomic E-state index is -1.67. The fourth-order valence-electron chi connectivity index (χ4n) is 15.5. The average Bonchev–Trinajstić information content (AvgIpc) is 1.59. The molecule has 0 saturated carbocycles. The Kier molecular flexibility index (Phi) is 35.5. The number of hydrogen-bond donors (Lipinski definition) is 13. The summed E-state index contributed by atoms with van der Waals surface area (Å²) in [7, 11) is 0. The predicted octanol–water partition coefficient (Wildman–Crippen LogP) is 1.82. The van der Waals surface area contributed by atoms with Crippen molar-refractivity contribution < 1.29 is 81.3 Å². The van der Waals surface area contributed by atoms with E-state index in [-0.39, 0.29) is 94.3 Å². The number of amides is 16. The lowest BCUT2D eigenvalue weighted by Crippen LogP contribution is -2.67. The molecule has 117 heavy (non-hydrogen) atoms. The van der Waals surface area contributed by atoms with E-state index < -0.39 is 164 Å². The highest BCUT2D eigenvalue weighted by Crippen LogP contribution is 2.28. The molecule has 2 unspecified atom stereocenters. The maximum absolute atomic E-state index is 14.5. The van der Waals surface area contributed by atoms with Gasteiger partial charge < -0.3 is 83.8 Å². The zero-order valence-corrected chi connectivity index (χ0v) is 74.1. The summed E-state index contributed by atoms with van der Waals surface area (Å²) in [5.41, 5.74) is -11.0. The van der Waals surface area contributed by atoms with Crippen LogP contribution in [-0.2, 0) is 76.7 Å². The van der Waals surface area contributed by atoms with E-state index in [2.05, 4.69) is 92.4 Å². The number of nitrogens with zero attached hydrogens (tertiary/aromatic N) is 5. The highest BCUT2D eigenvalue weighted by molar-refractivity contribution is 6.03. The van der Waals surface area contributed by atoms with Crippen LogP contribution in [0.1, 0.15) is 268 Å². The molecule has 0 aliphatic carbocycles. The Morgan fingerprint density at radius 1 is 0.410 bits per heavy atom. The van der Waals surface area contributed by atoms with E-state index in [9.17, 15) is 76.7 Å². The number of amidine groups is 1. The normalized spacial score (nSPS) is 19.6. The van der Waals surface area contributed by atoms with E-state index >= 15 is 0 Å². The molecular formula is C83H143N18O16+. The fraction of sp³-hybridized carbons (Fsp3) is 0.795. The number of carbonyl (C=O) groups excluding carboxylic acids is 16. The van der Waals surface area contributed by atoms with E-state index in [1.807, 2.05) is 34.6 Å². The molecule has 5 aliphatic rings. The Bertz CT molecular complexity index is 3670. The van der Waals surface area contributed by atoms with Gasteiger partial charge in [-0.1, -0.05) is 55.4 Å².